The molecule has 2 aromatic rings. The Bertz CT molecular complexity index is 1040. The lowest BCUT2D eigenvalue weighted by Gasteiger charge is -2.46. The highest BCUT2D eigenvalue weighted by Gasteiger charge is 2.46. The van der Waals surface area contributed by atoms with Gasteiger partial charge < -0.3 is 25.4 Å². The molecule has 168 valence electrons. The Labute approximate surface area is 187 Å². The minimum atomic E-state index is -0.458. The molecular formula is C25H29N3O4. The first-order valence-corrected chi connectivity index (χ1v) is 11.3. The summed E-state index contributed by atoms with van der Waals surface area (Å²) in [4.78, 5) is 26.5. The van der Waals surface area contributed by atoms with Gasteiger partial charge in [-0.2, -0.15) is 0 Å². The monoisotopic (exact) mass is 435 g/mol. The van der Waals surface area contributed by atoms with Gasteiger partial charge in [0.1, 0.15) is 13.2 Å². The SMILES string of the molecule is CC1c2cc3c(cc2C2(CCCC2)CN1C(=O)NCc1ccc(C(N)=O)cc1)OCCO3. The average molecular weight is 436 g/mol. The van der Waals surface area contributed by atoms with Crippen molar-refractivity contribution in [1.82, 2.24) is 10.2 Å². The summed E-state index contributed by atoms with van der Waals surface area (Å²) in [5.41, 5.74) is 9.13. The molecule has 1 spiro atoms. The lowest BCUT2D eigenvalue weighted by molar-refractivity contribution is 0.1000. The Morgan fingerprint density at radius 1 is 1.09 bits per heavy atom. The zero-order valence-electron chi connectivity index (χ0n) is 18.4. The highest BCUT2D eigenvalue weighted by molar-refractivity contribution is 5.92. The molecule has 7 heteroatoms. The molecule has 3 N–H and O–H groups in total. The molecule has 1 saturated carbocycles. The van der Waals surface area contributed by atoms with Crippen LogP contribution >= 0.6 is 0 Å². The van der Waals surface area contributed by atoms with Crippen molar-refractivity contribution in [2.75, 3.05) is 19.8 Å². The van der Waals surface area contributed by atoms with E-state index in [0.717, 1.165) is 35.5 Å². The summed E-state index contributed by atoms with van der Waals surface area (Å²) >= 11 is 0. The zero-order valence-corrected chi connectivity index (χ0v) is 18.4. The molecule has 3 amide bonds. The third-order valence-electron chi connectivity index (χ3n) is 7.18. The average Bonchev–Trinajstić information content (AvgIpc) is 3.28. The number of nitrogens with two attached hydrogens (primary N) is 1. The van der Waals surface area contributed by atoms with Crippen molar-refractivity contribution in [3.8, 4) is 11.5 Å². The lowest BCUT2D eigenvalue weighted by Crippen LogP contribution is -2.51. The normalized spacial score (nSPS) is 20.7. The maximum Gasteiger partial charge on any atom is 0.318 e. The number of carbonyl (C=O) groups excluding carboxylic acids is 2. The molecule has 7 nitrogen and oxygen atoms in total. The van der Waals surface area contributed by atoms with Crippen LogP contribution in [0.1, 0.15) is 65.7 Å². The molecule has 3 aliphatic rings. The maximum atomic E-state index is 13.3. The number of hydrogen-bond acceptors (Lipinski definition) is 4. The van der Waals surface area contributed by atoms with Gasteiger partial charge >= 0.3 is 6.03 Å². The number of rotatable bonds is 3. The molecule has 1 aliphatic carbocycles. The first-order chi connectivity index (χ1) is 15.5. The Balaban J connectivity index is 1.39. The van der Waals surface area contributed by atoms with Gasteiger partial charge in [0, 0.05) is 24.1 Å². The fourth-order valence-electron chi connectivity index (χ4n) is 5.42. The van der Waals surface area contributed by atoms with E-state index in [2.05, 4.69) is 24.4 Å². The van der Waals surface area contributed by atoms with Gasteiger partial charge in [-0.15, -0.1) is 0 Å². The van der Waals surface area contributed by atoms with Gasteiger partial charge in [-0.05, 0) is 60.7 Å². The molecule has 2 aromatic carbocycles. The molecule has 0 bridgehead atoms. The van der Waals surface area contributed by atoms with Crippen LogP contribution in [0, 0.1) is 0 Å². The quantitative estimate of drug-likeness (QED) is 0.769. The van der Waals surface area contributed by atoms with E-state index in [1.54, 1.807) is 12.1 Å². The van der Waals surface area contributed by atoms with Crippen LogP contribution in [0.5, 0.6) is 11.5 Å². The fraction of sp³-hybridized carbons (Fsp3) is 0.440. The number of nitrogens with one attached hydrogen (secondary N) is 1. The van der Waals surface area contributed by atoms with Gasteiger partial charge in [-0.25, -0.2) is 4.79 Å². The van der Waals surface area contributed by atoms with Crippen LogP contribution in [0.25, 0.3) is 0 Å². The minimum Gasteiger partial charge on any atom is -0.486 e. The summed E-state index contributed by atoms with van der Waals surface area (Å²) in [6, 6.07) is 11.1. The first kappa shape index (κ1) is 20.7. The number of amides is 3. The van der Waals surface area contributed by atoms with E-state index >= 15 is 0 Å². The third kappa shape index (κ3) is 3.55. The number of carbonyl (C=O) groups is 2. The van der Waals surface area contributed by atoms with Gasteiger partial charge in [-0.3, -0.25) is 4.79 Å². The molecule has 0 aromatic heterocycles. The van der Waals surface area contributed by atoms with E-state index in [4.69, 9.17) is 15.2 Å². The number of primary amides is 1. The van der Waals surface area contributed by atoms with Gasteiger partial charge in [0.05, 0.1) is 6.04 Å². The number of urea groups is 1. The van der Waals surface area contributed by atoms with Crippen LogP contribution in [-0.2, 0) is 12.0 Å². The highest BCUT2D eigenvalue weighted by Crippen LogP contribution is 2.51. The molecule has 2 heterocycles. The lowest BCUT2D eigenvalue weighted by atomic mass is 9.71. The topological polar surface area (TPSA) is 93.9 Å². The fourth-order valence-corrected chi connectivity index (χ4v) is 5.42. The smallest absolute Gasteiger partial charge is 0.318 e. The Morgan fingerprint density at radius 3 is 2.41 bits per heavy atom. The van der Waals surface area contributed by atoms with Gasteiger partial charge in [0.2, 0.25) is 5.91 Å². The van der Waals surface area contributed by atoms with Gasteiger partial charge in [-0.1, -0.05) is 25.0 Å². The first-order valence-electron chi connectivity index (χ1n) is 11.3. The van der Waals surface area contributed by atoms with Crippen LogP contribution in [-0.4, -0.2) is 36.6 Å². The van der Waals surface area contributed by atoms with Crippen molar-refractivity contribution >= 4 is 11.9 Å². The number of benzene rings is 2. The molecule has 0 radical (unpaired) electrons. The van der Waals surface area contributed by atoms with E-state index in [1.807, 2.05) is 17.0 Å². The molecular weight excluding hydrogens is 406 g/mol. The van der Waals surface area contributed by atoms with E-state index in [0.29, 0.717) is 31.9 Å². The Morgan fingerprint density at radius 2 is 1.75 bits per heavy atom. The largest absolute Gasteiger partial charge is 0.486 e. The predicted molar refractivity (Wildman–Crippen MR) is 120 cm³/mol. The molecule has 0 saturated heterocycles. The maximum absolute atomic E-state index is 13.3. The third-order valence-corrected chi connectivity index (χ3v) is 7.18. The van der Waals surface area contributed by atoms with Crippen LogP contribution in [0.3, 0.4) is 0 Å². The summed E-state index contributed by atoms with van der Waals surface area (Å²) in [5.74, 6) is 1.14. The molecule has 1 fully saturated rings. The van der Waals surface area contributed by atoms with Gasteiger partial charge in [0.25, 0.3) is 0 Å². The second kappa shape index (κ2) is 8.04. The van der Waals surface area contributed by atoms with Crippen LogP contribution in [0.4, 0.5) is 4.79 Å². The summed E-state index contributed by atoms with van der Waals surface area (Å²) in [6.45, 7) is 4.29. The van der Waals surface area contributed by atoms with Crippen molar-refractivity contribution in [2.24, 2.45) is 5.73 Å². The number of fused-ring (bicyclic) bond motifs is 3. The highest BCUT2D eigenvalue weighted by atomic mass is 16.6. The van der Waals surface area contributed by atoms with Gasteiger partial charge in [0.15, 0.2) is 11.5 Å². The number of ether oxygens (including phenoxy) is 2. The molecule has 2 aliphatic heterocycles. The van der Waals surface area contributed by atoms with Crippen molar-refractivity contribution in [1.29, 1.82) is 0 Å². The minimum absolute atomic E-state index is 0.0296. The van der Waals surface area contributed by atoms with E-state index in [9.17, 15) is 9.59 Å². The van der Waals surface area contributed by atoms with E-state index in [-0.39, 0.29) is 17.5 Å². The zero-order chi connectivity index (χ0) is 22.3. The van der Waals surface area contributed by atoms with Crippen LogP contribution in [0.15, 0.2) is 36.4 Å². The molecule has 1 unspecified atom stereocenters. The van der Waals surface area contributed by atoms with Crippen molar-refractivity contribution in [3.63, 3.8) is 0 Å². The van der Waals surface area contributed by atoms with Crippen molar-refractivity contribution in [2.45, 2.75) is 50.6 Å². The number of nitrogens with zero attached hydrogens (tertiary/aromatic N) is 1. The van der Waals surface area contributed by atoms with E-state index in [1.165, 1.54) is 18.4 Å². The summed E-state index contributed by atoms with van der Waals surface area (Å²) in [5, 5.41) is 3.06. The molecule has 1 atom stereocenters. The van der Waals surface area contributed by atoms with Crippen molar-refractivity contribution in [3.05, 3.63) is 58.7 Å². The predicted octanol–water partition coefficient (Wildman–Crippen LogP) is 3.65. The standard InChI is InChI=1S/C25H29N3O4/c1-16-19-12-21-22(32-11-10-31-21)13-20(19)25(8-2-3-9-25)15-28(16)24(30)27-14-17-4-6-18(7-5-17)23(26)29/h4-7,12-13,16H,2-3,8-11,14-15H2,1H3,(H2,26,29)(H,27,30). The Kier molecular flexibility index (Phi) is 5.19. The van der Waals surface area contributed by atoms with E-state index < -0.39 is 5.91 Å². The summed E-state index contributed by atoms with van der Waals surface area (Å²) < 4.78 is 11.7. The summed E-state index contributed by atoms with van der Waals surface area (Å²) in [7, 11) is 0. The molecule has 5 rings (SSSR count). The van der Waals surface area contributed by atoms with Crippen LogP contribution in [0.2, 0.25) is 0 Å². The second-order valence-electron chi connectivity index (χ2n) is 9.09. The van der Waals surface area contributed by atoms with Crippen LogP contribution < -0.4 is 20.5 Å². The van der Waals surface area contributed by atoms with Crippen molar-refractivity contribution < 1.29 is 19.1 Å². The summed E-state index contributed by atoms with van der Waals surface area (Å²) in [6.07, 6.45) is 4.49. The Hall–Kier alpha value is -3.22. The number of hydrogen-bond donors (Lipinski definition) is 2. The second-order valence-corrected chi connectivity index (χ2v) is 9.09. The molecule has 32 heavy (non-hydrogen) atoms.